The van der Waals surface area contributed by atoms with Crippen LogP contribution in [0.3, 0.4) is 0 Å². The monoisotopic (exact) mass is 286 g/mol. The number of fused-ring (bicyclic) bond motifs is 3. The van der Waals surface area contributed by atoms with E-state index in [4.69, 9.17) is 0 Å². The molecule has 1 amide bonds. The quantitative estimate of drug-likeness (QED) is 0.942. The number of nitrogens with zero attached hydrogens (tertiary/aromatic N) is 3. The third kappa shape index (κ3) is 2.52. The normalized spacial score (nSPS) is 19.3. The predicted octanol–water partition coefficient (Wildman–Crippen LogP) is 2.38. The van der Waals surface area contributed by atoms with Gasteiger partial charge in [-0.05, 0) is 44.1 Å². The second-order valence-electron chi connectivity index (χ2n) is 6.15. The lowest BCUT2D eigenvalue weighted by Crippen LogP contribution is -2.32. The Morgan fingerprint density at radius 2 is 2.33 bits per heavy atom. The lowest BCUT2D eigenvalue weighted by Gasteiger charge is -2.21. The molecule has 0 radical (unpaired) electrons. The fourth-order valence-corrected chi connectivity index (χ4v) is 2.87. The van der Waals surface area contributed by atoms with Crippen molar-refractivity contribution in [1.29, 1.82) is 0 Å². The maximum absolute atomic E-state index is 12.3. The molecular formula is C16H22N4O. The van der Waals surface area contributed by atoms with Gasteiger partial charge in [0, 0.05) is 17.9 Å². The molecule has 3 rings (SSSR count). The number of nitrogens with one attached hydrogen (secondary N) is 1. The largest absolute Gasteiger partial charge is 0.349 e. The first-order chi connectivity index (χ1) is 10.1. The van der Waals surface area contributed by atoms with Crippen molar-refractivity contribution in [1.82, 2.24) is 19.9 Å². The van der Waals surface area contributed by atoms with Gasteiger partial charge in [-0.1, -0.05) is 13.8 Å². The molecule has 112 valence electrons. The highest BCUT2D eigenvalue weighted by atomic mass is 16.1. The molecule has 0 saturated heterocycles. The van der Waals surface area contributed by atoms with Crippen molar-refractivity contribution in [3.8, 4) is 0 Å². The minimum absolute atomic E-state index is 0.0871. The van der Waals surface area contributed by atoms with E-state index >= 15 is 0 Å². The van der Waals surface area contributed by atoms with Gasteiger partial charge in [-0.2, -0.15) is 5.10 Å². The third-order valence-corrected chi connectivity index (χ3v) is 4.39. The van der Waals surface area contributed by atoms with Crippen LogP contribution in [-0.4, -0.2) is 26.5 Å². The van der Waals surface area contributed by atoms with E-state index in [2.05, 4.69) is 29.2 Å². The second-order valence-corrected chi connectivity index (χ2v) is 6.15. The molecule has 1 N–H and O–H groups in total. The minimum Gasteiger partial charge on any atom is -0.349 e. The van der Waals surface area contributed by atoms with E-state index in [-0.39, 0.29) is 11.9 Å². The molecule has 5 heteroatoms. The molecule has 21 heavy (non-hydrogen) atoms. The van der Waals surface area contributed by atoms with Gasteiger partial charge in [0.05, 0.1) is 6.20 Å². The van der Waals surface area contributed by atoms with Gasteiger partial charge in [-0.15, -0.1) is 0 Å². The minimum atomic E-state index is -0.0871. The molecule has 0 aromatic carbocycles. The molecule has 0 spiro atoms. The van der Waals surface area contributed by atoms with E-state index in [1.54, 1.807) is 6.20 Å². The summed E-state index contributed by atoms with van der Waals surface area (Å²) in [6.07, 6.45) is 7.68. The van der Waals surface area contributed by atoms with Crippen LogP contribution in [0.15, 0.2) is 12.4 Å². The summed E-state index contributed by atoms with van der Waals surface area (Å²) in [5.41, 5.74) is 3.71. The van der Waals surface area contributed by atoms with Crippen LogP contribution in [-0.2, 0) is 12.8 Å². The summed E-state index contributed by atoms with van der Waals surface area (Å²) in [6.45, 7) is 6.32. The van der Waals surface area contributed by atoms with Gasteiger partial charge in [-0.3, -0.25) is 4.79 Å². The van der Waals surface area contributed by atoms with E-state index < -0.39 is 0 Å². The zero-order valence-corrected chi connectivity index (χ0v) is 12.9. The zero-order chi connectivity index (χ0) is 15.0. The molecule has 0 aliphatic heterocycles. The molecule has 0 saturated carbocycles. The summed E-state index contributed by atoms with van der Waals surface area (Å²) < 4.78 is 1.85. The van der Waals surface area contributed by atoms with Crippen molar-refractivity contribution < 1.29 is 4.79 Å². The van der Waals surface area contributed by atoms with Crippen LogP contribution in [0.1, 0.15) is 55.2 Å². The molecular weight excluding hydrogens is 264 g/mol. The maximum atomic E-state index is 12.3. The summed E-state index contributed by atoms with van der Waals surface area (Å²) in [6, 6.07) is 0.158. The fourth-order valence-electron chi connectivity index (χ4n) is 2.87. The van der Waals surface area contributed by atoms with Crippen LogP contribution < -0.4 is 5.32 Å². The first-order valence-electron chi connectivity index (χ1n) is 7.75. The molecule has 0 fully saturated rings. The average molecular weight is 286 g/mol. The SMILES string of the molecule is CC[C@@H](C)NC(=O)c1cnn2c3c(cnc12)C[C@@H](C)CC3. The Balaban J connectivity index is 1.98. The van der Waals surface area contributed by atoms with Crippen LogP contribution in [0.25, 0.3) is 5.65 Å². The molecule has 0 bridgehead atoms. The maximum Gasteiger partial charge on any atom is 0.256 e. The Hall–Kier alpha value is -1.91. The summed E-state index contributed by atoms with van der Waals surface area (Å²) in [5.74, 6) is 0.608. The van der Waals surface area contributed by atoms with E-state index in [1.165, 1.54) is 17.7 Å². The van der Waals surface area contributed by atoms with Crippen LogP contribution in [0, 0.1) is 5.92 Å². The number of aryl methyl sites for hydroxylation is 1. The fraction of sp³-hybridized carbons (Fsp3) is 0.562. The summed E-state index contributed by atoms with van der Waals surface area (Å²) in [7, 11) is 0. The number of amides is 1. The Labute approximate surface area is 124 Å². The highest BCUT2D eigenvalue weighted by Gasteiger charge is 2.22. The third-order valence-electron chi connectivity index (χ3n) is 4.39. The zero-order valence-electron chi connectivity index (χ0n) is 12.9. The van der Waals surface area contributed by atoms with E-state index in [0.29, 0.717) is 17.1 Å². The van der Waals surface area contributed by atoms with Crippen LogP contribution >= 0.6 is 0 Å². The number of carbonyl (C=O) groups excluding carboxylic acids is 1. The van der Waals surface area contributed by atoms with Crippen LogP contribution in [0.4, 0.5) is 0 Å². The summed E-state index contributed by atoms with van der Waals surface area (Å²) >= 11 is 0. The molecule has 1 aliphatic carbocycles. The smallest absolute Gasteiger partial charge is 0.256 e. The van der Waals surface area contributed by atoms with Crippen molar-refractivity contribution in [3.05, 3.63) is 29.2 Å². The predicted molar refractivity (Wildman–Crippen MR) is 81.4 cm³/mol. The Morgan fingerprint density at radius 3 is 3.10 bits per heavy atom. The summed E-state index contributed by atoms with van der Waals surface area (Å²) in [4.78, 5) is 16.8. The molecule has 2 heterocycles. The summed E-state index contributed by atoms with van der Waals surface area (Å²) in [5, 5.41) is 7.38. The molecule has 1 aliphatic rings. The first-order valence-corrected chi connectivity index (χ1v) is 7.75. The van der Waals surface area contributed by atoms with Crippen molar-refractivity contribution in [2.45, 2.75) is 52.5 Å². The van der Waals surface area contributed by atoms with Gasteiger partial charge in [0.25, 0.3) is 5.91 Å². The molecule has 2 aromatic heterocycles. The van der Waals surface area contributed by atoms with Gasteiger partial charge >= 0.3 is 0 Å². The van der Waals surface area contributed by atoms with Gasteiger partial charge in [0.1, 0.15) is 5.56 Å². The van der Waals surface area contributed by atoms with Gasteiger partial charge < -0.3 is 5.32 Å². The van der Waals surface area contributed by atoms with Gasteiger partial charge in [0.2, 0.25) is 0 Å². The van der Waals surface area contributed by atoms with Crippen molar-refractivity contribution in [2.24, 2.45) is 5.92 Å². The Kier molecular flexibility index (Phi) is 3.66. The van der Waals surface area contributed by atoms with Gasteiger partial charge in [-0.25, -0.2) is 9.50 Å². The number of hydrogen-bond acceptors (Lipinski definition) is 3. The number of hydrogen-bond donors (Lipinski definition) is 1. The number of carbonyl (C=O) groups is 1. The lowest BCUT2D eigenvalue weighted by atomic mass is 9.89. The molecule has 2 atom stereocenters. The van der Waals surface area contributed by atoms with Crippen LogP contribution in [0.2, 0.25) is 0 Å². The molecule has 2 aromatic rings. The first kappa shape index (κ1) is 14.0. The number of rotatable bonds is 3. The van der Waals surface area contributed by atoms with Crippen molar-refractivity contribution >= 4 is 11.6 Å². The van der Waals surface area contributed by atoms with E-state index in [9.17, 15) is 4.79 Å². The van der Waals surface area contributed by atoms with Gasteiger partial charge in [0.15, 0.2) is 5.65 Å². The van der Waals surface area contributed by atoms with Crippen LogP contribution in [0.5, 0.6) is 0 Å². The topological polar surface area (TPSA) is 59.3 Å². The highest BCUT2D eigenvalue weighted by Crippen LogP contribution is 2.25. The molecule has 0 unspecified atom stereocenters. The Bertz CT molecular complexity index is 676. The lowest BCUT2D eigenvalue weighted by molar-refractivity contribution is 0.0940. The van der Waals surface area contributed by atoms with Crippen molar-refractivity contribution in [3.63, 3.8) is 0 Å². The second kappa shape index (κ2) is 5.47. The average Bonchev–Trinajstić information content (AvgIpc) is 2.90. The standard InChI is InChI=1S/C16H22N4O/c1-4-11(3)19-16(21)13-9-18-20-14-6-5-10(2)7-12(14)8-17-15(13)20/h8-11H,4-7H2,1-3H3,(H,19,21)/t10-,11+/m0/s1. The Morgan fingerprint density at radius 1 is 1.52 bits per heavy atom. The highest BCUT2D eigenvalue weighted by molar-refractivity contribution is 5.99. The van der Waals surface area contributed by atoms with E-state index in [1.807, 2.05) is 17.6 Å². The molecule has 5 nitrogen and oxygen atoms in total. The van der Waals surface area contributed by atoms with E-state index in [0.717, 1.165) is 19.3 Å². The van der Waals surface area contributed by atoms with Crippen molar-refractivity contribution in [2.75, 3.05) is 0 Å². The number of aromatic nitrogens is 3.